The first-order chi connectivity index (χ1) is 6.07. The molecule has 1 aromatic carbocycles. The molecule has 5 heteroatoms. The van der Waals surface area contributed by atoms with Gasteiger partial charge in [-0.05, 0) is 34.5 Å². The van der Waals surface area contributed by atoms with E-state index in [2.05, 4.69) is 31.9 Å². The van der Waals surface area contributed by atoms with Crippen LogP contribution in [0.2, 0.25) is 0 Å². The van der Waals surface area contributed by atoms with Crippen molar-refractivity contribution in [3.63, 3.8) is 0 Å². The van der Waals surface area contributed by atoms with Crippen molar-refractivity contribution in [2.75, 3.05) is 0 Å². The second-order valence-corrected chi connectivity index (χ2v) is 4.00. The third-order valence-electron chi connectivity index (χ3n) is 1.78. The molecule has 1 rings (SSSR count). The summed E-state index contributed by atoms with van der Waals surface area (Å²) in [5.41, 5.74) is 1.79. The van der Waals surface area contributed by atoms with Crippen LogP contribution in [-0.2, 0) is 5.33 Å². The van der Waals surface area contributed by atoms with Gasteiger partial charge in [0.2, 0.25) is 0 Å². The number of alkyl halides is 1. The van der Waals surface area contributed by atoms with Crippen LogP contribution in [0, 0.1) is 17.0 Å². The number of nitro groups is 1. The van der Waals surface area contributed by atoms with Crippen LogP contribution in [0.5, 0.6) is 0 Å². The summed E-state index contributed by atoms with van der Waals surface area (Å²) in [6, 6.07) is 3.55. The minimum absolute atomic E-state index is 0.150. The Morgan fingerprint density at radius 2 is 2.15 bits per heavy atom. The summed E-state index contributed by atoms with van der Waals surface area (Å²) < 4.78 is 0.526. The molecule has 0 fully saturated rings. The summed E-state index contributed by atoms with van der Waals surface area (Å²) in [7, 11) is 0. The van der Waals surface area contributed by atoms with Crippen molar-refractivity contribution in [2.45, 2.75) is 12.3 Å². The highest BCUT2D eigenvalue weighted by atomic mass is 79.9. The fourth-order valence-electron chi connectivity index (χ4n) is 1.07. The van der Waals surface area contributed by atoms with E-state index in [0.717, 1.165) is 11.1 Å². The largest absolute Gasteiger partial charge is 0.287 e. The highest BCUT2D eigenvalue weighted by Crippen LogP contribution is 2.32. The number of rotatable bonds is 2. The molecule has 0 saturated heterocycles. The number of nitrogens with zero attached hydrogens (tertiary/aromatic N) is 1. The summed E-state index contributed by atoms with van der Waals surface area (Å²) in [6.07, 6.45) is 0. The molecule has 1 aromatic rings. The first kappa shape index (κ1) is 10.7. The first-order valence-electron chi connectivity index (χ1n) is 3.56. The Kier molecular flexibility index (Phi) is 3.44. The van der Waals surface area contributed by atoms with Crippen molar-refractivity contribution in [1.82, 2.24) is 0 Å². The lowest BCUT2D eigenvalue weighted by atomic mass is 10.1. The molecule has 0 saturated carbocycles. The third kappa shape index (κ3) is 2.08. The van der Waals surface area contributed by atoms with Gasteiger partial charge in [0.25, 0.3) is 5.69 Å². The molecule has 13 heavy (non-hydrogen) atoms. The molecule has 0 atom stereocenters. The van der Waals surface area contributed by atoms with Crippen molar-refractivity contribution in [3.8, 4) is 0 Å². The zero-order valence-electron chi connectivity index (χ0n) is 6.88. The minimum atomic E-state index is -0.367. The Labute approximate surface area is 92.5 Å². The van der Waals surface area contributed by atoms with Crippen molar-refractivity contribution in [2.24, 2.45) is 0 Å². The molecule has 0 aromatic heterocycles. The van der Waals surface area contributed by atoms with Crippen molar-refractivity contribution in [1.29, 1.82) is 0 Å². The van der Waals surface area contributed by atoms with E-state index in [4.69, 9.17) is 0 Å². The van der Waals surface area contributed by atoms with Crippen LogP contribution in [0.25, 0.3) is 0 Å². The van der Waals surface area contributed by atoms with Gasteiger partial charge in [-0.25, -0.2) is 0 Å². The topological polar surface area (TPSA) is 43.1 Å². The van der Waals surface area contributed by atoms with Gasteiger partial charge in [0.05, 0.1) is 9.40 Å². The number of hydrogen-bond donors (Lipinski definition) is 0. The van der Waals surface area contributed by atoms with E-state index in [1.165, 1.54) is 0 Å². The molecule has 0 spiro atoms. The van der Waals surface area contributed by atoms with Gasteiger partial charge in [-0.1, -0.05) is 22.0 Å². The molecule has 3 nitrogen and oxygen atoms in total. The lowest BCUT2D eigenvalue weighted by Crippen LogP contribution is -1.97. The molecule has 0 unspecified atom stereocenters. The lowest BCUT2D eigenvalue weighted by molar-refractivity contribution is -0.386. The molecule has 70 valence electrons. The normalized spacial score (nSPS) is 10.1. The summed E-state index contributed by atoms with van der Waals surface area (Å²) >= 11 is 6.40. The van der Waals surface area contributed by atoms with Gasteiger partial charge in [0.15, 0.2) is 0 Å². The van der Waals surface area contributed by atoms with E-state index in [1.807, 2.05) is 13.0 Å². The average Bonchev–Trinajstić information content (AvgIpc) is 2.07. The molecule has 0 aliphatic carbocycles. The van der Waals surface area contributed by atoms with E-state index < -0.39 is 0 Å². The molecule has 0 heterocycles. The summed E-state index contributed by atoms with van der Waals surface area (Å²) in [5.74, 6) is 0. The molecular formula is C8H7Br2NO2. The zero-order chi connectivity index (χ0) is 10.0. The van der Waals surface area contributed by atoms with Crippen LogP contribution < -0.4 is 0 Å². The van der Waals surface area contributed by atoms with Gasteiger partial charge in [-0.2, -0.15) is 0 Å². The highest BCUT2D eigenvalue weighted by Gasteiger charge is 2.18. The van der Waals surface area contributed by atoms with E-state index >= 15 is 0 Å². The van der Waals surface area contributed by atoms with Crippen LogP contribution in [-0.4, -0.2) is 4.92 Å². The second-order valence-electron chi connectivity index (χ2n) is 2.58. The van der Waals surface area contributed by atoms with Crippen molar-refractivity contribution < 1.29 is 4.92 Å². The Balaban J connectivity index is 3.43. The van der Waals surface area contributed by atoms with Crippen molar-refractivity contribution in [3.05, 3.63) is 37.8 Å². The number of hydrogen-bond acceptors (Lipinski definition) is 2. The predicted octanol–water partition coefficient (Wildman–Crippen LogP) is 3.56. The highest BCUT2D eigenvalue weighted by molar-refractivity contribution is 9.10. The van der Waals surface area contributed by atoms with Crippen LogP contribution >= 0.6 is 31.9 Å². The standard InChI is InChI=1S/C8H7Br2NO2/c1-5-2-3-7(10)8(11(12)13)6(5)4-9/h2-3H,4H2,1H3. The minimum Gasteiger partial charge on any atom is -0.258 e. The van der Waals surface area contributed by atoms with Crippen LogP contribution in [0.4, 0.5) is 5.69 Å². The number of aryl methyl sites for hydroxylation is 1. The maximum atomic E-state index is 10.7. The number of halogens is 2. The van der Waals surface area contributed by atoms with Crippen LogP contribution in [0.1, 0.15) is 11.1 Å². The number of nitro benzene ring substituents is 1. The Hall–Kier alpha value is -0.420. The van der Waals surface area contributed by atoms with Gasteiger partial charge < -0.3 is 0 Å². The fourth-order valence-corrected chi connectivity index (χ4v) is 2.30. The molecule has 0 aliphatic heterocycles. The van der Waals surface area contributed by atoms with Crippen molar-refractivity contribution >= 4 is 37.5 Å². The van der Waals surface area contributed by atoms with E-state index in [0.29, 0.717) is 9.80 Å². The molecule has 0 N–H and O–H groups in total. The summed E-state index contributed by atoms with van der Waals surface area (Å²) in [6.45, 7) is 1.86. The lowest BCUT2D eigenvalue weighted by Gasteiger charge is -2.04. The van der Waals surface area contributed by atoms with Crippen LogP contribution in [0.15, 0.2) is 16.6 Å². The Bertz CT molecular complexity index is 352. The number of benzene rings is 1. The monoisotopic (exact) mass is 307 g/mol. The molecule has 0 amide bonds. The fraction of sp³-hybridized carbons (Fsp3) is 0.250. The van der Waals surface area contributed by atoms with E-state index in [1.54, 1.807) is 6.07 Å². The molecule has 0 bridgehead atoms. The first-order valence-corrected chi connectivity index (χ1v) is 5.47. The van der Waals surface area contributed by atoms with E-state index in [9.17, 15) is 10.1 Å². The second kappa shape index (κ2) is 4.19. The van der Waals surface area contributed by atoms with Gasteiger partial charge in [-0.3, -0.25) is 10.1 Å². The van der Waals surface area contributed by atoms with Gasteiger partial charge in [0.1, 0.15) is 0 Å². The third-order valence-corrected chi connectivity index (χ3v) is 2.98. The average molecular weight is 309 g/mol. The Morgan fingerprint density at radius 1 is 1.54 bits per heavy atom. The quantitative estimate of drug-likeness (QED) is 0.476. The predicted molar refractivity (Wildman–Crippen MR) is 58.2 cm³/mol. The van der Waals surface area contributed by atoms with Gasteiger partial charge in [0, 0.05) is 10.9 Å². The van der Waals surface area contributed by atoms with Crippen LogP contribution in [0.3, 0.4) is 0 Å². The maximum absolute atomic E-state index is 10.7. The summed E-state index contributed by atoms with van der Waals surface area (Å²) in [5, 5.41) is 11.2. The molecule has 0 aliphatic rings. The van der Waals surface area contributed by atoms with Gasteiger partial charge >= 0.3 is 0 Å². The smallest absolute Gasteiger partial charge is 0.258 e. The van der Waals surface area contributed by atoms with E-state index in [-0.39, 0.29) is 10.6 Å². The Morgan fingerprint density at radius 3 is 2.54 bits per heavy atom. The zero-order valence-corrected chi connectivity index (χ0v) is 10.1. The molecule has 0 radical (unpaired) electrons. The van der Waals surface area contributed by atoms with Gasteiger partial charge in [-0.15, -0.1) is 0 Å². The maximum Gasteiger partial charge on any atom is 0.287 e. The summed E-state index contributed by atoms with van der Waals surface area (Å²) in [4.78, 5) is 10.3. The SMILES string of the molecule is Cc1ccc(Br)c([N+](=O)[O-])c1CBr. The molecular weight excluding hydrogens is 302 g/mol.